The lowest BCUT2D eigenvalue weighted by atomic mass is 10.3. The van der Waals surface area contributed by atoms with Crippen LogP contribution in [0.2, 0.25) is 0 Å². The molecular weight excluding hydrogens is 194 g/mol. The summed E-state index contributed by atoms with van der Waals surface area (Å²) in [6.45, 7) is 1.45. The molecule has 0 amide bonds. The maximum atomic E-state index is 5.11. The Labute approximate surface area is 89.2 Å². The van der Waals surface area contributed by atoms with Gasteiger partial charge in [-0.05, 0) is 19.3 Å². The van der Waals surface area contributed by atoms with Gasteiger partial charge in [0.25, 0.3) is 0 Å². The zero-order valence-electron chi connectivity index (χ0n) is 9.03. The van der Waals surface area contributed by atoms with Crippen molar-refractivity contribution in [3.05, 3.63) is 11.7 Å². The predicted octanol–water partition coefficient (Wildman–Crippen LogP) is 0.901. The number of hydrogen-bond donors (Lipinski definition) is 1. The van der Waals surface area contributed by atoms with Crippen LogP contribution in [-0.4, -0.2) is 29.9 Å². The highest BCUT2D eigenvalue weighted by Crippen LogP contribution is 2.18. The quantitative estimate of drug-likeness (QED) is 0.679. The highest BCUT2D eigenvalue weighted by atomic mass is 16.5. The van der Waals surface area contributed by atoms with Crippen molar-refractivity contribution < 1.29 is 9.26 Å². The lowest BCUT2D eigenvalue weighted by Crippen LogP contribution is -2.16. The van der Waals surface area contributed by atoms with E-state index in [2.05, 4.69) is 15.5 Å². The van der Waals surface area contributed by atoms with Crippen LogP contribution in [0.15, 0.2) is 4.52 Å². The summed E-state index contributed by atoms with van der Waals surface area (Å²) in [5.41, 5.74) is 0. The number of nitrogens with one attached hydrogen (secondary N) is 1. The first-order valence-corrected chi connectivity index (χ1v) is 5.42. The lowest BCUT2D eigenvalue weighted by molar-refractivity contribution is 0.192. The summed E-state index contributed by atoms with van der Waals surface area (Å²) >= 11 is 0. The van der Waals surface area contributed by atoms with E-state index in [0.717, 1.165) is 31.8 Å². The summed E-state index contributed by atoms with van der Waals surface area (Å²) in [5, 5.41) is 7.25. The molecule has 15 heavy (non-hydrogen) atoms. The maximum absolute atomic E-state index is 5.11. The molecule has 1 fully saturated rings. The van der Waals surface area contributed by atoms with Crippen LogP contribution in [0.4, 0.5) is 0 Å². The van der Waals surface area contributed by atoms with Gasteiger partial charge >= 0.3 is 0 Å². The van der Waals surface area contributed by atoms with Crippen LogP contribution in [0.25, 0.3) is 0 Å². The fraction of sp³-hybridized carbons (Fsp3) is 0.800. The highest BCUT2D eigenvalue weighted by molar-refractivity contribution is 4.89. The van der Waals surface area contributed by atoms with Gasteiger partial charge in [-0.15, -0.1) is 0 Å². The Balaban J connectivity index is 1.70. The van der Waals surface area contributed by atoms with E-state index < -0.39 is 0 Å². The highest BCUT2D eigenvalue weighted by Gasteiger charge is 2.20. The molecule has 2 rings (SSSR count). The molecule has 1 aromatic heterocycles. The molecule has 5 nitrogen and oxygen atoms in total. The third-order valence-electron chi connectivity index (χ3n) is 2.38. The summed E-state index contributed by atoms with van der Waals surface area (Å²) in [5.74, 6) is 1.47. The third kappa shape index (κ3) is 3.60. The van der Waals surface area contributed by atoms with E-state index in [1.54, 1.807) is 7.11 Å². The van der Waals surface area contributed by atoms with E-state index in [1.165, 1.54) is 12.8 Å². The smallest absolute Gasteiger partial charge is 0.226 e. The van der Waals surface area contributed by atoms with Gasteiger partial charge in [-0.25, -0.2) is 0 Å². The van der Waals surface area contributed by atoms with Gasteiger partial charge < -0.3 is 14.6 Å². The first-order chi connectivity index (χ1) is 7.38. The first kappa shape index (κ1) is 10.6. The average Bonchev–Trinajstić information content (AvgIpc) is 2.97. The van der Waals surface area contributed by atoms with Crippen molar-refractivity contribution in [1.29, 1.82) is 0 Å². The summed E-state index contributed by atoms with van der Waals surface area (Å²) in [6, 6.07) is 0.681. The van der Waals surface area contributed by atoms with Crippen LogP contribution in [0.1, 0.15) is 31.0 Å². The molecule has 1 aliphatic rings. The number of methoxy groups -OCH3 is 1. The largest absolute Gasteiger partial charge is 0.385 e. The summed E-state index contributed by atoms with van der Waals surface area (Å²) < 4.78 is 10.1. The van der Waals surface area contributed by atoms with Gasteiger partial charge in [0.05, 0.1) is 6.54 Å². The Hall–Kier alpha value is -0.940. The average molecular weight is 211 g/mol. The first-order valence-electron chi connectivity index (χ1n) is 5.42. The second-order valence-corrected chi connectivity index (χ2v) is 3.86. The molecule has 1 saturated carbocycles. The number of ether oxygens (including phenoxy) is 1. The van der Waals surface area contributed by atoms with Crippen molar-refractivity contribution in [3.8, 4) is 0 Å². The van der Waals surface area contributed by atoms with Crippen LogP contribution in [0.3, 0.4) is 0 Å². The molecule has 0 unspecified atom stereocenters. The van der Waals surface area contributed by atoms with Gasteiger partial charge in [0.2, 0.25) is 5.89 Å². The molecule has 0 spiro atoms. The van der Waals surface area contributed by atoms with E-state index >= 15 is 0 Å². The minimum Gasteiger partial charge on any atom is -0.385 e. The van der Waals surface area contributed by atoms with Crippen molar-refractivity contribution in [1.82, 2.24) is 15.5 Å². The molecule has 0 saturated heterocycles. The van der Waals surface area contributed by atoms with Gasteiger partial charge in [0.1, 0.15) is 0 Å². The Kier molecular flexibility index (Phi) is 3.69. The minimum absolute atomic E-state index is 0.681. The van der Waals surface area contributed by atoms with E-state index in [9.17, 15) is 0 Å². The van der Waals surface area contributed by atoms with Gasteiger partial charge in [-0.3, -0.25) is 0 Å². The molecule has 1 heterocycles. The number of rotatable bonds is 7. The predicted molar refractivity (Wildman–Crippen MR) is 54.4 cm³/mol. The molecular formula is C10H17N3O2. The van der Waals surface area contributed by atoms with Crippen molar-refractivity contribution in [2.75, 3.05) is 13.7 Å². The molecule has 0 bridgehead atoms. The number of aryl methyl sites for hydroxylation is 1. The van der Waals surface area contributed by atoms with Crippen LogP contribution in [0.5, 0.6) is 0 Å². The standard InChI is InChI=1S/C10H17N3O2/c1-14-6-2-3-10-12-9(13-15-10)7-11-8-4-5-8/h8,11H,2-7H2,1H3. The number of aromatic nitrogens is 2. The molecule has 5 heteroatoms. The van der Waals surface area contributed by atoms with E-state index in [1.807, 2.05) is 0 Å². The second kappa shape index (κ2) is 5.23. The van der Waals surface area contributed by atoms with Crippen molar-refractivity contribution >= 4 is 0 Å². The fourth-order valence-corrected chi connectivity index (χ4v) is 1.35. The molecule has 0 aromatic carbocycles. The van der Waals surface area contributed by atoms with Gasteiger partial charge in [-0.1, -0.05) is 5.16 Å². The third-order valence-corrected chi connectivity index (χ3v) is 2.38. The summed E-state index contributed by atoms with van der Waals surface area (Å²) in [7, 11) is 1.69. The second-order valence-electron chi connectivity index (χ2n) is 3.86. The van der Waals surface area contributed by atoms with Gasteiger partial charge in [-0.2, -0.15) is 4.98 Å². The molecule has 1 aromatic rings. The van der Waals surface area contributed by atoms with Crippen LogP contribution < -0.4 is 5.32 Å². The zero-order valence-corrected chi connectivity index (χ0v) is 9.03. The SMILES string of the molecule is COCCCc1nc(CNC2CC2)no1. The summed E-state index contributed by atoms with van der Waals surface area (Å²) in [6.07, 6.45) is 4.27. The van der Waals surface area contributed by atoms with Crippen molar-refractivity contribution in [2.24, 2.45) is 0 Å². The Morgan fingerprint density at radius 1 is 1.53 bits per heavy atom. The van der Waals surface area contributed by atoms with E-state index in [0.29, 0.717) is 11.9 Å². The Morgan fingerprint density at radius 3 is 3.13 bits per heavy atom. The lowest BCUT2D eigenvalue weighted by Gasteiger charge is -1.95. The van der Waals surface area contributed by atoms with Crippen molar-refractivity contribution in [3.63, 3.8) is 0 Å². The van der Waals surface area contributed by atoms with Crippen LogP contribution in [0, 0.1) is 0 Å². The topological polar surface area (TPSA) is 60.2 Å². The maximum Gasteiger partial charge on any atom is 0.226 e. The number of hydrogen-bond acceptors (Lipinski definition) is 5. The van der Waals surface area contributed by atoms with Crippen molar-refractivity contribution in [2.45, 2.75) is 38.3 Å². The van der Waals surface area contributed by atoms with Crippen LogP contribution in [-0.2, 0) is 17.7 Å². The number of nitrogens with zero attached hydrogens (tertiary/aromatic N) is 2. The van der Waals surface area contributed by atoms with E-state index in [-0.39, 0.29) is 0 Å². The van der Waals surface area contributed by atoms with E-state index in [4.69, 9.17) is 9.26 Å². The Morgan fingerprint density at radius 2 is 2.40 bits per heavy atom. The molecule has 0 atom stereocenters. The zero-order chi connectivity index (χ0) is 10.5. The van der Waals surface area contributed by atoms with Gasteiger partial charge in [0.15, 0.2) is 5.82 Å². The van der Waals surface area contributed by atoms with Gasteiger partial charge in [0, 0.05) is 26.2 Å². The molecule has 0 radical (unpaired) electrons. The molecule has 84 valence electrons. The Bertz CT molecular complexity index is 297. The molecule has 0 aliphatic heterocycles. The minimum atomic E-state index is 0.681. The monoisotopic (exact) mass is 211 g/mol. The molecule has 1 N–H and O–H groups in total. The fourth-order valence-electron chi connectivity index (χ4n) is 1.35. The molecule has 1 aliphatic carbocycles. The van der Waals surface area contributed by atoms with Crippen LogP contribution >= 0.6 is 0 Å². The summed E-state index contributed by atoms with van der Waals surface area (Å²) in [4.78, 5) is 4.29. The normalized spacial score (nSPS) is 15.8.